The molecule has 0 aliphatic carbocycles. The van der Waals surface area contributed by atoms with Gasteiger partial charge < -0.3 is 10.6 Å². The number of rotatable bonds is 1. The number of para-hydroxylation sites is 1. The van der Waals surface area contributed by atoms with Crippen molar-refractivity contribution in [1.82, 2.24) is 0 Å². The van der Waals surface area contributed by atoms with E-state index in [2.05, 4.69) is 4.90 Å². The Bertz CT molecular complexity index is 412. The summed E-state index contributed by atoms with van der Waals surface area (Å²) in [6.07, 6.45) is 5.57. The van der Waals surface area contributed by atoms with Crippen molar-refractivity contribution < 1.29 is 4.39 Å². The lowest BCUT2D eigenvalue weighted by Gasteiger charge is -2.50. The van der Waals surface area contributed by atoms with Crippen LogP contribution in [0.3, 0.4) is 0 Å². The summed E-state index contributed by atoms with van der Waals surface area (Å²) >= 11 is 0. The lowest BCUT2D eigenvalue weighted by molar-refractivity contribution is 0.268. The fraction of sp³-hybridized carbons (Fsp3) is 0.600. The second-order valence-corrected chi connectivity index (χ2v) is 5.78. The number of fused-ring (bicyclic) bond motifs is 2. The predicted molar refractivity (Wildman–Crippen MR) is 72.3 cm³/mol. The SMILES string of the molecule is Cc1cccc(F)c1N1C2CCCC1CC(N)C2. The highest BCUT2D eigenvalue weighted by Gasteiger charge is 2.38. The first-order valence-electron chi connectivity index (χ1n) is 6.96. The van der Waals surface area contributed by atoms with Crippen LogP contribution in [0.25, 0.3) is 0 Å². The van der Waals surface area contributed by atoms with Crippen molar-refractivity contribution in [2.24, 2.45) is 5.73 Å². The number of hydrogen-bond donors (Lipinski definition) is 1. The zero-order valence-electron chi connectivity index (χ0n) is 10.9. The molecule has 98 valence electrons. The second-order valence-electron chi connectivity index (χ2n) is 5.78. The molecule has 2 saturated heterocycles. The van der Waals surface area contributed by atoms with E-state index in [1.54, 1.807) is 12.1 Å². The number of benzene rings is 1. The summed E-state index contributed by atoms with van der Waals surface area (Å²) in [5.74, 6) is -0.0811. The molecule has 3 rings (SSSR count). The minimum absolute atomic E-state index is 0.0811. The molecule has 2 bridgehead atoms. The fourth-order valence-electron chi connectivity index (χ4n) is 3.74. The van der Waals surface area contributed by atoms with Crippen LogP contribution in [0.2, 0.25) is 0 Å². The van der Waals surface area contributed by atoms with Gasteiger partial charge in [0.2, 0.25) is 0 Å². The molecule has 2 aliphatic rings. The molecule has 1 aromatic carbocycles. The highest BCUT2D eigenvalue weighted by molar-refractivity contribution is 5.56. The average molecular weight is 248 g/mol. The number of hydrogen-bond acceptors (Lipinski definition) is 2. The maximum Gasteiger partial charge on any atom is 0.146 e. The molecule has 0 saturated carbocycles. The molecule has 1 aromatic rings. The Morgan fingerprint density at radius 1 is 1.22 bits per heavy atom. The molecule has 3 heteroatoms. The summed E-state index contributed by atoms with van der Waals surface area (Å²) in [5.41, 5.74) is 7.98. The molecule has 0 aromatic heterocycles. The Morgan fingerprint density at radius 2 is 1.89 bits per heavy atom. The van der Waals surface area contributed by atoms with Crippen molar-refractivity contribution in [1.29, 1.82) is 0 Å². The molecular formula is C15H21FN2. The predicted octanol–water partition coefficient (Wildman–Crippen LogP) is 2.98. The van der Waals surface area contributed by atoms with Crippen LogP contribution in [0.15, 0.2) is 18.2 Å². The van der Waals surface area contributed by atoms with Crippen molar-refractivity contribution in [2.45, 2.75) is 57.2 Å². The molecular weight excluding hydrogens is 227 g/mol. The van der Waals surface area contributed by atoms with E-state index < -0.39 is 0 Å². The van der Waals surface area contributed by atoms with Gasteiger partial charge in [0.05, 0.1) is 5.69 Å². The van der Waals surface area contributed by atoms with Crippen LogP contribution < -0.4 is 10.6 Å². The van der Waals surface area contributed by atoms with Gasteiger partial charge in [-0.25, -0.2) is 4.39 Å². The summed E-state index contributed by atoms with van der Waals surface area (Å²) < 4.78 is 14.2. The molecule has 0 amide bonds. The van der Waals surface area contributed by atoms with Gasteiger partial charge in [-0.2, -0.15) is 0 Å². The molecule has 2 aliphatic heterocycles. The fourth-order valence-corrected chi connectivity index (χ4v) is 3.74. The van der Waals surface area contributed by atoms with Gasteiger partial charge in [0.25, 0.3) is 0 Å². The Labute approximate surface area is 108 Å². The van der Waals surface area contributed by atoms with E-state index in [1.165, 1.54) is 6.42 Å². The van der Waals surface area contributed by atoms with Crippen LogP contribution in [0.5, 0.6) is 0 Å². The molecule has 2 N–H and O–H groups in total. The van der Waals surface area contributed by atoms with Crippen LogP contribution in [0, 0.1) is 12.7 Å². The molecule has 2 unspecified atom stereocenters. The third-order valence-corrected chi connectivity index (χ3v) is 4.46. The molecule has 2 fully saturated rings. The molecule has 0 radical (unpaired) electrons. The number of anilines is 1. The Morgan fingerprint density at radius 3 is 2.50 bits per heavy atom. The number of nitrogens with two attached hydrogens (primary N) is 1. The van der Waals surface area contributed by atoms with E-state index in [1.807, 2.05) is 13.0 Å². The molecule has 2 heterocycles. The van der Waals surface area contributed by atoms with E-state index >= 15 is 0 Å². The molecule has 18 heavy (non-hydrogen) atoms. The first kappa shape index (κ1) is 12.0. The van der Waals surface area contributed by atoms with Crippen LogP contribution in [0.1, 0.15) is 37.7 Å². The third-order valence-electron chi connectivity index (χ3n) is 4.46. The van der Waals surface area contributed by atoms with Gasteiger partial charge in [-0.3, -0.25) is 0 Å². The molecule has 0 spiro atoms. The number of nitrogens with zero attached hydrogens (tertiary/aromatic N) is 1. The van der Waals surface area contributed by atoms with Crippen LogP contribution in [-0.4, -0.2) is 18.1 Å². The largest absolute Gasteiger partial charge is 0.363 e. The van der Waals surface area contributed by atoms with Crippen molar-refractivity contribution in [3.63, 3.8) is 0 Å². The van der Waals surface area contributed by atoms with Crippen molar-refractivity contribution >= 4 is 5.69 Å². The minimum atomic E-state index is -0.0811. The average Bonchev–Trinajstić information content (AvgIpc) is 2.29. The first-order valence-corrected chi connectivity index (χ1v) is 6.96. The van der Waals surface area contributed by atoms with Crippen LogP contribution >= 0.6 is 0 Å². The smallest absolute Gasteiger partial charge is 0.146 e. The normalized spacial score (nSPS) is 31.5. The maximum absolute atomic E-state index is 14.2. The van der Waals surface area contributed by atoms with E-state index in [0.29, 0.717) is 18.1 Å². The van der Waals surface area contributed by atoms with E-state index in [4.69, 9.17) is 5.73 Å². The van der Waals surface area contributed by atoms with Gasteiger partial charge >= 0.3 is 0 Å². The minimum Gasteiger partial charge on any atom is -0.363 e. The van der Waals surface area contributed by atoms with Crippen LogP contribution in [0.4, 0.5) is 10.1 Å². The monoisotopic (exact) mass is 248 g/mol. The van der Waals surface area contributed by atoms with Gasteiger partial charge in [0.15, 0.2) is 0 Å². The zero-order valence-corrected chi connectivity index (χ0v) is 10.9. The summed E-state index contributed by atoms with van der Waals surface area (Å²) in [4.78, 5) is 2.33. The summed E-state index contributed by atoms with van der Waals surface area (Å²) in [7, 11) is 0. The Hall–Kier alpha value is -1.09. The van der Waals surface area contributed by atoms with E-state index in [-0.39, 0.29) is 5.82 Å². The number of piperidine rings is 2. The van der Waals surface area contributed by atoms with Gasteiger partial charge in [-0.15, -0.1) is 0 Å². The summed E-state index contributed by atoms with van der Waals surface area (Å²) in [6.45, 7) is 2.00. The lowest BCUT2D eigenvalue weighted by atomic mass is 9.81. The van der Waals surface area contributed by atoms with Crippen molar-refractivity contribution in [3.05, 3.63) is 29.6 Å². The first-order chi connectivity index (χ1) is 8.66. The molecule has 2 atom stereocenters. The maximum atomic E-state index is 14.2. The van der Waals surface area contributed by atoms with Gasteiger partial charge in [0, 0.05) is 18.1 Å². The molecule has 2 nitrogen and oxygen atoms in total. The second kappa shape index (κ2) is 4.54. The number of aryl methyl sites for hydroxylation is 1. The summed E-state index contributed by atoms with van der Waals surface area (Å²) in [5, 5.41) is 0. The summed E-state index contributed by atoms with van der Waals surface area (Å²) in [6, 6.07) is 6.53. The topological polar surface area (TPSA) is 29.3 Å². The Kier molecular flexibility index (Phi) is 3.02. The van der Waals surface area contributed by atoms with Gasteiger partial charge in [0.1, 0.15) is 5.82 Å². The lowest BCUT2D eigenvalue weighted by Crippen LogP contribution is -2.56. The van der Waals surface area contributed by atoms with E-state index in [9.17, 15) is 4.39 Å². The van der Waals surface area contributed by atoms with Crippen LogP contribution in [-0.2, 0) is 0 Å². The third kappa shape index (κ3) is 1.91. The highest BCUT2D eigenvalue weighted by atomic mass is 19.1. The zero-order chi connectivity index (χ0) is 12.7. The van der Waals surface area contributed by atoms with Crippen molar-refractivity contribution in [3.8, 4) is 0 Å². The van der Waals surface area contributed by atoms with Gasteiger partial charge in [-0.05, 0) is 50.7 Å². The highest BCUT2D eigenvalue weighted by Crippen LogP contribution is 2.39. The van der Waals surface area contributed by atoms with Crippen molar-refractivity contribution in [2.75, 3.05) is 4.90 Å². The van der Waals surface area contributed by atoms with E-state index in [0.717, 1.165) is 36.9 Å². The quantitative estimate of drug-likeness (QED) is 0.828. The standard InChI is InChI=1S/C15H21FN2/c1-10-4-2-7-14(16)15(10)18-12-5-3-6-13(18)9-11(17)8-12/h2,4,7,11-13H,3,5-6,8-9,17H2,1H3. The Balaban J connectivity index is 2.00. The van der Waals surface area contributed by atoms with Gasteiger partial charge in [-0.1, -0.05) is 12.1 Å². The number of halogens is 1.